The minimum absolute atomic E-state index is 0.181. The number of amidine groups is 1. The van der Waals surface area contributed by atoms with Crippen molar-refractivity contribution in [2.45, 2.75) is 20.0 Å². The van der Waals surface area contributed by atoms with Crippen molar-refractivity contribution < 1.29 is 19.4 Å². The van der Waals surface area contributed by atoms with Crippen LogP contribution in [0.1, 0.15) is 32.7 Å². The fourth-order valence-electron chi connectivity index (χ4n) is 5.23. The van der Waals surface area contributed by atoms with E-state index in [0.29, 0.717) is 38.1 Å². The van der Waals surface area contributed by atoms with Crippen LogP contribution in [0.3, 0.4) is 0 Å². The van der Waals surface area contributed by atoms with Crippen LogP contribution in [0.2, 0.25) is 10.0 Å². The first-order valence-electron chi connectivity index (χ1n) is 14.0. The molecule has 1 amide bonds. The van der Waals surface area contributed by atoms with Crippen molar-refractivity contribution in [3.05, 3.63) is 134 Å². The molecule has 1 aromatic heterocycles. The van der Waals surface area contributed by atoms with Gasteiger partial charge in [0.15, 0.2) is 5.17 Å². The van der Waals surface area contributed by atoms with E-state index < -0.39 is 5.97 Å². The third kappa shape index (κ3) is 6.35. The summed E-state index contributed by atoms with van der Waals surface area (Å²) in [5.41, 5.74) is 5.51. The predicted octanol–water partition coefficient (Wildman–Crippen LogP) is 8.82. The zero-order valence-electron chi connectivity index (χ0n) is 24.3. The minimum Gasteiger partial charge on any atom is -0.497 e. The summed E-state index contributed by atoms with van der Waals surface area (Å²) < 4.78 is 7.47. The number of nitrogens with zero attached hydrogens (tertiary/aromatic N) is 3. The van der Waals surface area contributed by atoms with E-state index in [2.05, 4.69) is 10.6 Å². The summed E-state index contributed by atoms with van der Waals surface area (Å²) in [4.78, 5) is 32.4. The Bertz CT molecular complexity index is 2000. The number of ether oxygens (including phenoxy) is 1. The third-order valence-electron chi connectivity index (χ3n) is 7.63. The quantitative estimate of drug-likeness (QED) is 0.169. The zero-order valence-corrected chi connectivity index (χ0v) is 26.7. The summed E-state index contributed by atoms with van der Waals surface area (Å²) in [7, 11) is 1.60. The molecule has 226 valence electrons. The molecule has 0 unspecified atom stereocenters. The van der Waals surface area contributed by atoms with Gasteiger partial charge < -0.3 is 14.4 Å². The number of rotatable bonds is 8. The summed E-state index contributed by atoms with van der Waals surface area (Å²) >= 11 is 14.0. The van der Waals surface area contributed by atoms with Gasteiger partial charge in [0.05, 0.1) is 29.8 Å². The lowest BCUT2D eigenvalue weighted by molar-refractivity contribution is -0.122. The largest absolute Gasteiger partial charge is 0.497 e. The average molecular weight is 657 g/mol. The van der Waals surface area contributed by atoms with Gasteiger partial charge in [0, 0.05) is 38.8 Å². The average Bonchev–Trinajstić information content (AvgIpc) is 3.47. The molecular formula is C35H27Cl2N3O4S. The van der Waals surface area contributed by atoms with Crippen molar-refractivity contribution in [3.63, 3.8) is 0 Å². The lowest BCUT2D eigenvalue weighted by Gasteiger charge is -2.16. The molecular weight excluding hydrogens is 629 g/mol. The molecule has 5 aromatic rings. The fraction of sp³-hybridized carbons (Fsp3) is 0.114. The number of carbonyl (C=O) groups is 2. The highest BCUT2D eigenvalue weighted by molar-refractivity contribution is 8.18. The second kappa shape index (κ2) is 12.9. The molecule has 7 nitrogen and oxygen atoms in total. The fourth-order valence-corrected chi connectivity index (χ4v) is 6.68. The van der Waals surface area contributed by atoms with E-state index in [4.69, 9.17) is 32.9 Å². The van der Waals surface area contributed by atoms with Crippen molar-refractivity contribution in [1.82, 2.24) is 9.47 Å². The SMILES string of the molecule is COc1ccc(N=C2S/C(=C\c3c(C)n(Cc4ccc(Cl)cc4Cl)c4ccccc34)C(=O)N2Cc2ccc(C(=O)O)cc2)cc1. The van der Waals surface area contributed by atoms with E-state index >= 15 is 0 Å². The highest BCUT2D eigenvalue weighted by Gasteiger charge is 2.34. The number of fused-ring (bicyclic) bond motifs is 1. The van der Waals surface area contributed by atoms with E-state index in [1.165, 1.54) is 23.9 Å². The Hall–Kier alpha value is -4.50. The lowest BCUT2D eigenvalue weighted by Crippen LogP contribution is -2.28. The number of hydrogen-bond donors (Lipinski definition) is 1. The van der Waals surface area contributed by atoms with Crippen molar-refractivity contribution >= 4 is 74.7 Å². The Morgan fingerprint density at radius 2 is 1.71 bits per heavy atom. The Labute approximate surface area is 274 Å². The van der Waals surface area contributed by atoms with Crippen LogP contribution >= 0.6 is 35.0 Å². The number of amides is 1. The van der Waals surface area contributed by atoms with Gasteiger partial charge in [-0.3, -0.25) is 9.69 Å². The van der Waals surface area contributed by atoms with Gasteiger partial charge >= 0.3 is 5.97 Å². The number of hydrogen-bond acceptors (Lipinski definition) is 5. The summed E-state index contributed by atoms with van der Waals surface area (Å²) in [5, 5.41) is 12.0. The summed E-state index contributed by atoms with van der Waals surface area (Å²) in [6.07, 6.45) is 1.93. The molecule has 0 spiro atoms. The monoisotopic (exact) mass is 655 g/mol. The maximum Gasteiger partial charge on any atom is 0.335 e. The molecule has 2 heterocycles. The van der Waals surface area contributed by atoms with Crippen LogP contribution in [0.25, 0.3) is 17.0 Å². The highest BCUT2D eigenvalue weighted by atomic mass is 35.5. The van der Waals surface area contributed by atoms with Crippen LogP contribution in [0.5, 0.6) is 5.75 Å². The molecule has 0 aliphatic carbocycles. The number of carbonyl (C=O) groups excluding carboxylic acids is 1. The molecule has 1 fully saturated rings. The molecule has 0 bridgehead atoms. The Kier molecular flexibility index (Phi) is 8.72. The van der Waals surface area contributed by atoms with Gasteiger partial charge in [-0.1, -0.05) is 59.6 Å². The Morgan fingerprint density at radius 3 is 2.40 bits per heavy atom. The molecule has 0 radical (unpaired) electrons. The van der Waals surface area contributed by atoms with Crippen LogP contribution in [0.15, 0.2) is 101 Å². The van der Waals surface area contributed by atoms with E-state index in [-0.39, 0.29) is 18.0 Å². The maximum absolute atomic E-state index is 14.0. The Balaban J connectivity index is 1.40. The van der Waals surface area contributed by atoms with Crippen molar-refractivity contribution in [3.8, 4) is 5.75 Å². The zero-order chi connectivity index (χ0) is 31.7. The summed E-state index contributed by atoms with van der Waals surface area (Å²) in [6, 6.07) is 27.4. The van der Waals surface area contributed by atoms with E-state index in [1.54, 1.807) is 30.2 Å². The van der Waals surface area contributed by atoms with Gasteiger partial charge in [0.1, 0.15) is 5.75 Å². The molecule has 4 aromatic carbocycles. The topological polar surface area (TPSA) is 84.1 Å². The number of aromatic carboxylic acids is 1. The summed E-state index contributed by atoms with van der Waals surface area (Å²) in [6.45, 7) is 2.80. The standard InChI is InChI=1S/C35H27Cl2N3O4S/c1-21-29(28-5-3-4-6-31(28)39(21)20-24-11-12-25(36)17-30(24)37)18-32-33(41)40(19-22-7-9-23(10-8-22)34(42)43)35(45-32)38-26-13-15-27(44-2)16-14-26/h3-18H,19-20H2,1-2H3,(H,42,43)/b32-18-,38-35?. The number of carboxylic acids is 1. The molecule has 0 saturated carbocycles. The van der Waals surface area contributed by atoms with Crippen LogP contribution in [-0.2, 0) is 17.9 Å². The van der Waals surface area contributed by atoms with Crippen LogP contribution < -0.4 is 4.74 Å². The number of para-hydroxylation sites is 1. The smallest absolute Gasteiger partial charge is 0.335 e. The second-order valence-corrected chi connectivity index (χ2v) is 12.3. The number of thioether (sulfide) groups is 1. The van der Waals surface area contributed by atoms with Crippen LogP contribution in [-0.4, -0.2) is 38.7 Å². The molecule has 1 N–H and O–H groups in total. The first-order chi connectivity index (χ1) is 21.7. The Morgan fingerprint density at radius 1 is 0.978 bits per heavy atom. The van der Waals surface area contributed by atoms with E-state index in [0.717, 1.165) is 33.3 Å². The molecule has 1 aliphatic heterocycles. The first-order valence-corrected chi connectivity index (χ1v) is 15.6. The number of aromatic nitrogens is 1. The number of carboxylic acid groups (broad SMARTS) is 1. The molecule has 0 atom stereocenters. The van der Waals surface area contributed by atoms with Crippen LogP contribution in [0, 0.1) is 6.92 Å². The number of halogens is 2. The molecule has 1 saturated heterocycles. The minimum atomic E-state index is -1.01. The van der Waals surface area contributed by atoms with Gasteiger partial charge in [-0.2, -0.15) is 0 Å². The van der Waals surface area contributed by atoms with Crippen molar-refractivity contribution in [1.29, 1.82) is 0 Å². The molecule has 10 heteroatoms. The van der Waals surface area contributed by atoms with Gasteiger partial charge in [0.25, 0.3) is 5.91 Å². The van der Waals surface area contributed by atoms with Gasteiger partial charge in [-0.15, -0.1) is 0 Å². The van der Waals surface area contributed by atoms with Crippen molar-refractivity contribution in [2.24, 2.45) is 4.99 Å². The molecule has 1 aliphatic rings. The number of aliphatic imine (C=N–C) groups is 1. The molecule has 6 rings (SSSR count). The van der Waals surface area contributed by atoms with Gasteiger partial charge in [0.2, 0.25) is 0 Å². The van der Waals surface area contributed by atoms with Gasteiger partial charge in [-0.05, 0) is 90.5 Å². The number of methoxy groups -OCH3 is 1. The lowest BCUT2D eigenvalue weighted by atomic mass is 10.1. The maximum atomic E-state index is 14.0. The van der Waals surface area contributed by atoms with Crippen molar-refractivity contribution in [2.75, 3.05) is 7.11 Å². The third-order valence-corrected chi connectivity index (χ3v) is 9.22. The normalized spacial score (nSPS) is 15.0. The van der Waals surface area contributed by atoms with E-state index in [1.807, 2.05) is 67.6 Å². The summed E-state index contributed by atoms with van der Waals surface area (Å²) in [5.74, 6) is -0.488. The van der Waals surface area contributed by atoms with Gasteiger partial charge in [-0.25, -0.2) is 9.79 Å². The first kappa shape index (κ1) is 30.5. The van der Waals surface area contributed by atoms with E-state index in [9.17, 15) is 14.7 Å². The predicted molar refractivity (Wildman–Crippen MR) is 182 cm³/mol. The second-order valence-electron chi connectivity index (χ2n) is 10.4. The van der Waals surface area contributed by atoms with Crippen LogP contribution in [0.4, 0.5) is 5.69 Å². The highest BCUT2D eigenvalue weighted by Crippen LogP contribution is 2.38. The molecule has 45 heavy (non-hydrogen) atoms. The number of benzene rings is 4.